The molecule has 1 atom stereocenters. The maximum Gasteiger partial charge on any atom is 0.404 e. The van der Waals surface area contributed by atoms with Gasteiger partial charge in [0.25, 0.3) is 0 Å². The molecule has 0 aliphatic heterocycles. The number of alkyl halides is 3. The average molecular weight is 419 g/mol. The Morgan fingerprint density at radius 2 is 1.89 bits per heavy atom. The zero-order chi connectivity index (χ0) is 21.3. The number of sulfonamides is 1. The molecular formula is C18H24F3N3O3S. The molecule has 0 fully saturated rings. The van der Waals surface area contributed by atoms with E-state index in [2.05, 4.69) is 9.82 Å². The third-order valence-corrected chi connectivity index (χ3v) is 5.70. The molecule has 10 heteroatoms. The van der Waals surface area contributed by atoms with Crippen LogP contribution >= 0.6 is 0 Å². The largest absolute Gasteiger partial charge is 0.404 e. The van der Waals surface area contributed by atoms with E-state index in [9.17, 15) is 26.7 Å². The predicted octanol–water partition coefficient (Wildman–Crippen LogP) is 3.34. The second-order valence-electron chi connectivity index (χ2n) is 7.13. The van der Waals surface area contributed by atoms with E-state index in [0.717, 1.165) is 0 Å². The second kappa shape index (κ2) is 7.84. The fourth-order valence-electron chi connectivity index (χ4n) is 2.88. The van der Waals surface area contributed by atoms with E-state index in [1.54, 1.807) is 41.9 Å². The van der Waals surface area contributed by atoms with E-state index >= 15 is 0 Å². The summed E-state index contributed by atoms with van der Waals surface area (Å²) >= 11 is 0. The average Bonchev–Trinajstić information content (AvgIpc) is 2.96. The van der Waals surface area contributed by atoms with Crippen LogP contribution in [-0.4, -0.2) is 35.2 Å². The van der Waals surface area contributed by atoms with E-state index in [0.29, 0.717) is 29.1 Å². The van der Waals surface area contributed by atoms with Crippen LogP contribution in [0.3, 0.4) is 0 Å². The molecular weight excluding hydrogens is 395 g/mol. The van der Waals surface area contributed by atoms with Gasteiger partial charge in [-0.3, -0.25) is 4.68 Å². The van der Waals surface area contributed by atoms with Gasteiger partial charge in [-0.1, -0.05) is 18.2 Å². The van der Waals surface area contributed by atoms with Crippen molar-refractivity contribution in [2.45, 2.75) is 52.1 Å². The van der Waals surface area contributed by atoms with Crippen molar-refractivity contribution in [3.63, 3.8) is 0 Å². The SMILES string of the molecule is CCn1nc(C(C)O)cc1-c1cccc(C(C)(C)NS(=O)(=O)CC(F)(F)F)c1. The third kappa shape index (κ3) is 5.55. The maximum atomic E-state index is 12.5. The number of aromatic nitrogens is 2. The number of halogens is 3. The Morgan fingerprint density at radius 1 is 1.25 bits per heavy atom. The zero-order valence-corrected chi connectivity index (χ0v) is 16.9. The molecule has 28 heavy (non-hydrogen) atoms. The number of aliphatic hydroxyl groups is 1. The molecule has 0 amide bonds. The van der Waals surface area contributed by atoms with Crippen LogP contribution in [0.4, 0.5) is 13.2 Å². The lowest BCUT2D eigenvalue weighted by molar-refractivity contribution is -0.106. The van der Waals surface area contributed by atoms with E-state index in [-0.39, 0.29) is 0 Å². The normalized spacial score (nSPS) is 14.3. The first-order chi connectivity index (χ1) is 12.7. The number of nitrogens with zero attached hydrogens (tertiary/aromatic N) is 2. The van der Waals surface area contributed by atoms with Crippen molar-refractivity contribution < 1.29 is 26.7 Å². The van der Waals surface area contributed by atoms with Gasteiger partial charge in [-0.2, -0.15) is 18.3 Å². The number of hydrogen-bond acceptors (Lipinski definition) is 4. The van der Waals surface area contributed by atoms with Gasteiger partial charge in [0.2, 0.25) is 10.0 Å². The van der Waals surface area contributed by atoms with Crippen LogP contribution in [0.1, 0.15) is 45.1 Å². The van der Waals surface area contributed by atoms with Crippen molar-refractivity contribution in [3.05, 3.63) is 41.6 Å². The van der Waals surface area contributed by atoms with Gasteiger partial charge in [0, 0.05) is 12.1 Å². The molecule has 1 aromatic heterocycles. The van der Waals surface area contributed by atoms with Gasteiger partial charge in [-0.25, -0.2) is 13.1 Å². The van der Waals surface area contributed by atoms with Crippen LogP contribution in [-0.2, 0) is 22.1 Å². The van der Waals surface area contributed by atoms with Crippen molar-refractivity contribution in [2.75, 3.05) is 5.75 Å². The van der Waals surface area contributed by atoms with Gasteiger partial charge in [0.05, 0.1) is 23.0 Å². The minimum atomic E-state index is -4.82. The molecule has 0 radical (unpaired) electrons. The van der Waals surface area contributed by atoms with Crippen molar-refractivity contribution in [1.29, 1.82) is 0 Å². The summed E-state index contributed by atoms with van der Waals surface area (Å²) in [6.07, 6.45) is -5.57. The standard InChI is InChI=1S/C18H24F3N3O3S/c1-5-24-16(10-15(22-24)12(2)25)13-7-6-8-14(9-13)17(3,4)23-28(26,27)11-18(19,20)21/h6-10,12,23,25H,5,11H2,1-4H3. The highest BCUT2D eigenvalue weighted by Gasteiger charge is 2.38. The van der Waals surface area contributed by atoms with Crippen molar-refractivity contribution >= 4 is 10.0 Å². The Kier molecular flexibility index (Phi) is 6.27. The highest BCUT2D eigenvalue weighted by molar-refractivity contribution is 7.89. The topological polar surface area (TPSA) is 84.2 Å². The van der Waals surface area contributed by atoms with Crippen LogP contribution in [0.25, 0.3) is 11.3 Å². The zero-order valence-electron chi connectivity index (χ0n) is 16.1. The van der Waals surface area contributed by atoms with Crippen LogP contribution < -0.4 is 4.72 Å². The smallest absolute Gasteiger partial charge is 0.387 e. The van der Waals surface area contributed by atoms with Gasteiger partial charge in [-0.05, 0) is 45.4 Å². The molecule has 0 spiro atoms. The maximum absolute atomic E-state index is 12.5. The quantitative estimate of drug-likeness (QED) is 0.721. The number of rotatable bonds is 7. The Labute approximate surface area is 162 Å². The number of hydrogen-bond donors (Lipinski definition) is 2. The summed E-state index contributed by atoms with van der Waals surface area (Å²) < 4.78 is 65.2. The summed E-state index contributed by atoms with van der Waals surface area (Å²) in [5.41, 5.74) is 1.16. The minimum Gasteiger partial charge on any atom is -0.387 e. The van der Waals surface area contributed by atoms with E-state index in [4.69, 9.17) is 0 Å². The molecule has 6 nitrogen and oxygen atoms in total. The predicted molar refractivity (Wildman–Crippen MR) is 100.0 cm³/mol. The highest BCUT2D eigenvalue weighted by atomic mass is 32.2. The summed E-state index contributed by atoms with van der Waals surface area (Å²) in [5, 5.41) is 14.1. The lowest BCUT2D eigenvalue weighted by atomic mass is 9.93. The number of nitrogens with one attached hydrogen (secondary N) is 1. The molecule has 0 saturated heterocycles. The first kappa shape index (κ1) is 22.4. The molecule has 0 bridgehead atoms. The Balaban J connectivity index is 2.39. The molecule has 2 aromatic rings. The molecule has 0 aliphatic carbocycles. The van der Waals surface area contributed by atoms with Crippen LogP contribution in [0.5, 0.6) is 0 Å². The Hall–Kier alpha value is -1.91. The molecule has 156 valence electrons. The summed E-state index contributed by atoms with van der Waals surface area (Å²) in [4.78, 5) is 0. The molecule has 0 aliphatic rings. The van der Waals surface area contributed by atoms with Crippen LogP contribution in [0.15, 0.2) is 30.3 Å². The molecule has 1 aromatic carbocycles. The Bertz CT molecular complexity index is 935. The molecule has 2 rings (SSSR count). The number of aryl methyl sites for hydroxylation is 1. The summed E-state index contributed by atoms with van der Waals surface area (Å²) in [6.45, 7) is 7.03. The van der Waals surface area contributed by atoms with Crippen molar-refractivity contribution in [3.8, 4) is 11.3 Å². The molecule has 0 saturated carbocycles. The first-order valence-corrected chi connectivity index (χ1v) is 10.3. The molecule has 1 heterocycles. The van der Waals surface area contributed by atoms with Gasteiger partial charge < -0.3 is 5.11 Å². The lowest BCUT2D eigenvalue weighted by Gasteiger charge is -2.27. The Morgan fingerprint density at radius 3 is 2.43 bits per heavy atom. The van der Waals surface area contributed by atoms with Crippen LogP contribution in [0.2, 0.25) is 0 Å². The van der Waals surface area contributed by atoms with Gasteiger partial charge in [0.1, 0.15) is 0 Å². The van der Waals surface area contributed by atoms with Crippen molar-refractivity contribution in [2.24, 2.45) is 0 Å². The summed E-state index contributed by atoms with van der Waals surface area (Å²) in [5.74, 6) is -1.94. The lowest BCUT2D eigenvalue weighted by Crippen LogP contribution is -2.44. The first-order valence-electron chi connectivity index (χ1n) is 8.69. The summed E-state index contributed by atoms with van der Waals surface area (Å²) in [6, 6.07) is 8.55. The highest BCUT2D eigenvalue weighted by Crippen LogP contribution is 2.29. The fourth-order valence-corrected chi connectivity index (χ4v) is 4.28. The molecule has 1 unspecified atom stereocenters. The number of aliphatic hydroxyl groups excluding tert-OH is 1. The van der Waals surface area contributed by atoms with Gasteiger partial charge in [0.15, 0.2) is 5.75 Å². The van der Waals surface area contributed by atoms with Gasteiger partial charge in [-0.15, -0.1) is 0 Å². The van der Waals surface area contributed by atoms with E-state index in [1.807, 2.05) is 6.92 Å². The third-order valence-electron chi connectivity index (χ3n) is 4.17. The van der Waals surface area contributed by atoms with Crippen molar-refractivity contribution in [1.82, 2.24) is 14.5 Å². The second-order valence-corrected chi connectivity index (χ2v) is 8.85. The number of benzene rings is 1. The van der Waals surface area contributed by atoms with E-state index in [1.165, 1.54) is 13.8 Å². The fraction of sp³-hybridized carbons (Fsp3) is 0.500. The van der Waals surface area contributed by atoms with Gasteiger partial charge >= 0.3 is 6.18 Å². The van der Waals surface area contributed by atoms with E-state index < -0.39 is 33.6 Å². The minimum absolute atomic E-state index is 0.493. The molecule has 2 N–H and O–H groups in total. The summed E-state index contributed by atoms with van der Waals surface area (Å²) in [7, 11) is -4.57. The van der Waals surface area contributed by atoms with Crippen LogP contribution in [0, 0.1) is 0 Å². The monoisotopic (exact) mass is 419 g/mol.